The van der Waals surface area contributed by atoms with Crippen molar-refractivity contribution in [3.8, 4) is 5.75 Å². The average Bonchev–Trinajstić information content (AvgIpc) is 2.30. The second-order valence-electron chi connectivity index (χ2n) is 3.93. The van der Waals surface area contributed by atoms with Gasteiger partial charge in [0.15, 0.2) is 6.04 Å². The smallest absolute Gasteiger partial charge is 0.331 e. The van der Waals surface area contributed by atoms with E-state index < -0.39 is 18.1 Å². The number of carbonyl (C=O) groups is 2. The van der Waals surface area contributed by atoms with Gasteiger partial charge in [0.2, 0.25) is 5.91 Å². The molecule has 1 aliphatic rings. The highest BCUT2D eigenvalue weighted by molar-refractivity contribution is 5.92. The normalized spacial score (nSPS) is 20.9. The minimum Gasteiger partial charge on any atom is -0.508 e. The summed E-state index contributed by atoms with van der Waals surface area (Å²) in [6.45, 7) is 0.233. The molecular weight excluding hydrogens is 224 g/mol. The minimum absolute atomic E-state index is 0.0459. The van der Waals surface area contributed by atoms with Crippen LogP contribution in [0.5, 0.6) is 5.75 Å². The topological polar surface area (TPSA) is 104 Å². The van der Waals surface area contributed by atoms with Gasteiger partial charge in [0.05, 0.1) is 0 Å². The Morgan fingerprint density at radius 3 is 2.41 bits per heavy atom. The fourth-order valence-corrected chi connectivity index (χ4v) is 1.83. The number of β-lactam (4-membered cyclic amide) rings is 1. The summed E-state index contributed by atoms with van der Waals surface area (Å²) in [5.74, 6) is -1.44. The number of amides is 1. The lowest BCUT2D eigenvalue weighted by Crippen LogP contribution is -2.62. The van der Waals surface area contributed by atoms with Gasteiger partial charge in [-0.1, -0.05) is 12.1 Å². The number of phenolic OH excluding ortho intramolecular Hbond substituents is 1. The molecule has 6 nitrogen and oxygen atoms in total. The van der Waals surface area contributed by atoms with Crippen LogP contribution in [-0.2, 0) is 9.59 Å². The number of likely N-dealkylation sites (tertiary alicyclic amines) is 1. The van der Waals surface area contributed by atoms with Gasteiger partial charge in [0, 0.05) is 6.54 Å². The zero-order chi connectivity index (χ0) is 12.6. The van der Waals surface area contributed by atoms with Gasteiger partial charge in [-0.05, 0) is 17.7 Å². The van der Waals surface area contributed by atoms with E-state index in [-0.39, 0.29) is 18.2 Å². The summed E-state index contributed by atoms with van der Waals surface area (Å²) in [7, 11) is 0. The summed E-state index contributed by atoms with van der Waals surface area (Å²) in [5, 5.41) is 18.3. The maximum Gasteiger partial charge on any atom is 0.331 e. The molecular formula is C11H12N2O4. The van der Waals surface area contributed by atoms with E-state index in [9.17, 15) is 9.59 Å². The number of hydrogen-bond acceptors (Lipinski definition) is 4. The molecule has 6 heteroatoms. The quantitative estimate of drug-likeness (QED) is 0.624. The fourth-order valence-electron chi connectivity index (χ4n) is 1.83. The molecule has 2 atom stereocenters. The Labute approximate surface area is 97.3 Å². The van der Waals surface area contributed by atoms with Crippen LogP contribution in [0.2, 0.25) is 0 Å². The van der Waals surface area contributed by atoms with E-state index in [1.54, 1.807) is 0 Å². The molecule has 90 valence electrons. The second-order valence-corrected chi connectivity index (χ2v) is 3.93. The number of benzene rings is 1. The van der Waals surface area contributed by atoms with Crippen molar-refractivity contribution in [1.82, 2.24) is 4.90 Å². The third-order valence-electron chi connectivity index (χ3n) is 2.75. The van der Waals surface area contributed by atoms with Gasteiger partial charge < -0.3 is 20.8 Å². The van der Waals surface area contributed by atoms with Crippen LogP contribution in [0.1, 0.15) is 11.6 Å². The Morgan fingerprint density at radius 2 is 2.00 bits per heavy atom. The molecule has 1 unspecified atom stereocenters. The predicted molar refractivity (Wildman–Crippen MR) is 58.2 cm³/mol. The number of nitrogens with zero attached hydrogens (tertiary/aromatic N) is 1. The van der Waals surface area contributed by atoms with E-state index in [2.05, 4.69) is 0 Å². The number of phenols is 1. The van der Waals surface area contributed by atoms with Crippen molar-refractivity contribution in [1.29, 1.82) is 0 Å². The number of carbonyl (C=O) groups excluding carboxylic acids is 1. The maximum atomic E-state index is 11.4. The number of aromatic hydroxyl groups is 1. The molecule has 1 fully saturated rings. The van der Waals surface area contributed by atoms with Gasteiger partial charge in [-0.25, -0.2) is 4.79 Å². The van der Waals surface area contributed by atoms with Crippen LogP contribution in [0.4, 0.5) is 0 Å². The maximum absolute atomic E-state index is 11.4. The van der Waals surface area contributed by atoms with Crippen molar-refractivity contribution in [2.24, 2.45) is 5.73 Å². The van der Waals surface area contributed by atoms with Crippen molar-refractivity contribution < 1.29 is 19.8 Å². The average molecular weight is 236 g/mol. The summed E-state index contributed by atoms with van der Waals surface area (Å²) in [6, 6.07) is 4.08. The fraction of sp³-hybridized carbons (Fsp3) is 0.273. The van der Waals surface area contributed by atoms with E-state index in [4.69, 9.17) is 15.9 Å². The first-order chi connectivity index (χ1) is 8.00. The van der Waals surface area contributed by atoms with E-state index in [0.717, 1.165) is 0 Å². The molecule has 1 amide bonds. The number of carboxylic acid groups (broad SMARTS) is 1. The SMILES string of the molecule is N[C@H]1CN(C(C(=O)O)c2ccc(O)cc2)C1=O. The van der Waals surface area contributed by atoms with Gasteiger partial charge >= 0.3 is 5.97 Å². The Balaban J connectivity index is 2.27. The molecule has 0 bridgehead atoms. The third-order valence-corrected chi connectivity index (χ3v) is 2.75. The Bertz CT molecular complexity index is 457. The first-order valence-corrected chi connectivity index (χ1v) is 5.08. The predicted octanol–water partition coefficient (Wildman–Crippen LogP) is -0.313. The van der Waals surface area contributed by atoms with Gasteiger partial charge in [0.25, 0.3) is 0 Å². The first-order valence-electron chi connectivity index (χ1n) is 5.08. The molecule has 0 radical (unpaired) electrons. The summed E-state index contributed by atoms with van der Waals surface area (Å²) in [6.07, 6.45) is 0. The molecule has 0 spiro atoms. The highest BCUT2D eigenvalue weighted by Crippen LogP contribution is 2.27. The number of aliphatic carboxylic acids is 1. The molecule has 0 saturated carbocycles. The number of rotatable bonds is 3. The molecule has 1 aromatic rings. The van der Waals surface area contributed by atoms with Crippen LogP contribution < -0.4 is 5.73 Å². The van der Waals surface area contributed by atoms with E-state index in [1.165, 1.54) is 29.2 Å². The minimum atomic E-state index is -1.11. The zero-order valence-electron chi connectivity index (χ0n) is 8.91. The Morgan fingerprint density at radius 1 is 1.41 bits per heavy atom. The van der Waals surface area contributed by atoms with Crippen LogP contribution in [0.25, 0.3) is 0 Å². The molecule has 1 aliphatic heterocycles. The molecule has 0 aromatic heterocycles. The van der Waals surface area contributed by atoms with E-state index in [0.29, 0.717) is 5.56 Å². The van der Waals surface area contributed by atoms with E-state index in [1.807, 2.05) is 0 Å². The van der Waals surface area contributed by atoms with Crippen LogP contribution in [0.15, 0.2) is 24.3 Å². The number of carboxylic acids is 1. The largest absolute Gasteiger partial charge is 0.508 e. The highest BCUT2D eigenvalue weighted by Gasteiger charge is 2.42. The number of hydrogen-bond donors (Lipinski definition) is 3. The van der Waals surface area contributed by atoms with Crippen LogP contribution >= 0.6 is 0 Å². The molecule has 2 rings (SSSR count). The first kappa shape index (κ1) is 11.4. The molecule has 1 saturated heterocycles. The Kier molecular flexibility index (Phi) is 2.72. The highest BCUT2D eigenvalue weighted by atomic mass is 16.4. The van der Waals surface area contributed by atoms with Crippen LogP contribution in [0.3, 0.4) is 0 Å². The van der Waals surface area contributed by atoms with Gasteiger partial charge in [-0.3, -0.25) is 4.79 Å². The summed E-state index contributed by atoms with van der Waals surface area (Å²) < 4.78 is 0. The lowest BCUT2D eigenvalue weighted by Gasteiger charge is -2.40. The number of nitrogens with two attached hydrogens (primary N) is 1. The zero-order valence-corrected chi connectivity index (χ0v) is 8.91. The molecule has 1 heterocycles. The standard InChI is InChI=1S/C11H12N2O4/c12-8-5-13(10(8)15)9(11(16)17)6-1-3-7(14)4-2-6/h1-4,8-9,14H,5,12H2,(H,16,17)/t8-,9?/m0/s1. The van der Waals surface area contributed by atoms with Crippen molar-refractivity contribution in [3.05, 3.63) is 29.8 Å². The Hall–Kier alpha value is -2.08. The molecule has 4 N–H and O–H groups in total. The van der Waals surface area contributed by atoms with Crippen molar-refractivity contribution in [3.63, 3.8) is 0 Å². The van der Waals surface area contributed by atoms with Gasteiger partial charge in [-0.2, -0.15) is 0 Å². The van der Waals surface area contributed by atoms with Gasteiger partial charge in [0.1, 0.15) is 11.8 Å². The lowest BCUT2D eigenvalue weighted by atomic mass is 9.99. The van der Waals surface area contributed by atoms with Crippen LogP contribution in [-0.4, -0.2) is 39.6 Å². The molecule has 17 heavy (non-hydrogen) atoms. The molecule has 0 aliphatic carbocycles. The second kappa shape index (κ2) is 4.06. The van der Waals surface area contributed by atoms with Crippen molar-refractivity contribution in [2.75, 3.05) is 6.54 Å². The monoisotopic (exact) mass is 236 g/mol. The summed E-state index contributed by atoms with van der Waals surface area (Å²) >= 11 is 0. The third kappa shape index (κ3) is 1.94. The van der Waals surface area contributed by atoms with Crippen molar-refractivity contribution in [2.45, 2.75) is 12.1 Å². The van der Waals surface area contributed by atoms with Crippen LogP contribution in [0, 0.1) is 0 Å². The summed E-state index contributed by atoms with van der Waals surface area (Å²) in [5.41, 5.74) is 5.87. The lowest BCUT2D eigenvalue weighted by molar-refractivity contribution is -0.158. The summed E-state index contributed by atoms with van der Waals surface area (Å²) in [4.78, 5) is 23.8. The molecule has 1 aromatic carbocycles. The van der Waals surface area contributed by atoms with Gasteiger partial charge in [-0.15, -0.1) is 0 Å². The van der Waals surface area contributed by atoms with E-state index >= 15 is 0 Å². The van der Waals surface area contributed by atoms with Crippen molar-refractivity contribution >= 4 is 11.9 Å².